The van der Waals surface area contributed by atoms with Gasteiger partial charge in [-0.2, -0.15) is 0 Å². The molecule has 0 aromatic heterocycles. The molecule has 0 spiro atoms. The Labute approximate surface area is 121 Å². The van der Waals surface area contributed by atoms with Gasteiger partial charge in [0.25, 0.3) is 11.8 Å². The van der Waals surface area contributed by atoms with Crippen LogP contribution in [0.1, 0.15) is 27.1 Å². The van der Waals surface area contributed by atoms with Gasteiger partial charge < -0.3 is 0 Å². The number of carbonyl (C=O) groups is 3. The van der Waals surface area contributed by atoms with Crippen LogP contribution in [0.25, 0.3) is 0 Å². The first kappa shape index (κ1) is 13.2. The molecule has 0 N–H and O–H groups in total. The highest BCUT2D eigenvalue weighted by Gasteiger charge is 2.46. The maximum Gasteiger partial charge on any atom is 0.262 e. The first-order valence-electron chi connectivity index (χ1n) is 6.43. The van der Waals surface area contributed by atoms with Crippen molar-refractivity contribution in [1.82, 2.24) is 4.90 Å². The molecule has 3 rings (SSSR count). The van der Waals surface area contributed by atoms with Gasteiger partial charge in [0.15, 0.2) is 0 Å². The molecule has 1 heterocycles. The van der Waals surface area contributed by atoms with E-state index in [0.29, 0.717) is 16.7 Å². The normalized spacial score (nSPS) is 21.0. The molecule has 21 heavy (non-hydrogen) atoms. The number of ketones is 1. The summed E-state index contributed by atoms with van der Waals surface area (Å²) in [5.41, 5.74) is 1.45. The lowest BCUT2D eigenvalue weighted by Crippen LogP contribution is -2.43. The average Bonchev–Trinajstić information content (AvgIpc) is 2.95. The van der Waals surface area contributed by atoms with E-state index in [4.69, 9.17) is 0 Å². The van der Waals surface area contributed by atoms with Gasteiger partial charge in [0, 0.05) is 6.42 Å². The molecule has 0 saturated carbocycles. The minimum absolute atomic E-state index is 0.187. The highest BCUT2D eigenvalue weighted by Crippen LogP contribution is 2.33. The molecule has 1 unspecified atom stereocenters. The Kier molecular flexibility index (Phi) is 2.90. The van der Waals surface area contributed by atoms with Crippen molar-refractivity contribution in [1.29, 1.82) is 0 Å². The summed E-state index contributed by atoms with van der Waals surface area (Å²) in [6.45, 7) is 6.99. The second kappa shape index (κ2) is 4.63. The Morgan fingerprint density at radius 3 is 2.14 bits per heavy atom. The predicted octanol–water partition coefficient (Wildman–Crippen LogP) is 1.76. The highest BCUT2D eigenvalue weighted by molar-refractivity contribution is 6.24. The van der Waals surface area contributed by atoms with Gasteiger partial charge >= 0.3 is 0 Å². The summed E-state index contributed by atoms with van der Waals surface area (Å²) in [7, 11) is 0. The quantitative estimate of drug-likeness (QED) is 0.626. The van der Waals surface area contributed by atoms with Gasteiger partial charge in [0.2, 0.25) is 5.78 Å². The zero-order chi connectivity index (χ0) is 15.1. The van der Waals surface area contributed by atoms with Crippen LogP contribution in [0.2, 0.25) is 0 Å². The molecule has 5 heteroatoms. The molecule has 1 aromatic carbocycles. The number of hydrogen-bond acceptors (Lipinski definition) is 4. The fraction of sp³-hybridized carbons (Fsp3) is 0.125. The van der Waals surface area contributed by atoms with Crippen LogP contribution in [0.3, 0.4) is 0 Å². The maximum atomic E-state index is 12.4. The third-order valence-electron chi connectivity index (χ3n) is 3.80. The number of allylic oxidation sites excluding steroid dienone is 1. The molecule has 0 saturated heterocycles. The number of carbonyl (C=O) groups excluding carboxylic acids is 3. The summed E-state index contributed by atoms with van der Waals surface area (Å²) in [5.74, 6) is -1.25. The van der Waals surface area contributed by atoms with Crippen LogP contribution in [0.15, 0.2) is 53.2 Å². The Hall–Kier alpha value is -2.82. The standard InChI is InChI=1S/C16H12N2O3/c1-3-9-8-12(14(19)13(9)17-2)18-15(20)10-6-4-5-7-11(10)16(18)21/h3-7,12H,1-2,8H2. The van der Waals surface area contributed by atoms with Crippen LogP contribution in [0.4, 0.5) is 0 Å². The number of imide groups is 1. The van der Waals surface area contributed by atoms with E-state index in [1.54, 1.807) is 24.3 Å². The number of rotatable bonds is 3. The molecule has 2 amide bonds. The third-order valence-corrected chi connectivity index (χ3v) is 3.80. The van der Waals surface area contributed by atoms with E-state index in [-0.39, 0.29) is 17.9 Å². The van der Waals surface area contributed by atoms with Gasteiger partial charge in [-0.3, -0.25) is 24.3 Å². The first-order chi connectivity index (χ1) is 10.1. The molecule has 5 nitrogen and oxygen atoms in total. The van der Waals surface area contributed by atoms with Crippen LogP contribution in [0, 0.1) is 0 Å². The smallest absolute Gasteiger partial charge is 0.262 e. The third kappa shape index (κ3) is 1.71. The van der Waals surface area contributed by atoms with E-state index in [0.717, 1.165) is 4.90 Å². The Morgan fingerprint density at radius 1 is 1.14 bits per heavy atom. The number of amides is 2. The summed E-state index contributed by atoms with van der Waals surface area (Å²) in [6.07, 6.45) is 1.75. The van der Waals surface area contributed by atoms with Crippen LogP contribution in [-0.2, 0) is 4.79 Å². The molecule has 0 radical (unpaired) electrons. The van der Waals surface area contributed by atoms with Crippen LogP contribution < -0.4 is 0 Å². The van der Waals surface area contributed by atoms with Crippen molar-refractivity contribution in [2.24, 2.45) is 4.99 Å². The van der Waals surface area contributed by atoms with Gasteiger partial charge in [0.1, 0.15) is 11.7 Å². The zero-order valence-electron chi connectivity index (χ0n) is 11.2. The minimum Gasteiger partial charge on any atom is -0.290 e. The lowest BCUT2D eigenvalue weighted by Gasteiger charge is -2.20. The molecule has 104 valence electrons. The Balaban J connectivity index is 2.00. The van der Waals surface area contributed by atoms with Crippen LogP contribution in [0.5, 0.6) is 0 Å². The number of Topliss-reactive ketones (excluding diaryl/α,β-unsaturated/α-hetero) is 1. The first-order valence-corrected chi connectivity index (χ1v) is 6.43. The largest absolute Gasteiger partial charge is 0.290 e. The number of hydrogen-bond donors (Lipinski definition) is 0. The van der Waals surface area contributed by atoms with Crippen molar-refractivity contribution in [3.8, 4) is 0 Å². The molecular formula is C16H12N2O3. The van der Waals surface area contributed by atoms with E-state index in [9.17, 15) is 14.4 Å². The summed E-state index contributed by atoms with van der Waals surface area (Å²) in [5, 5.41) is 0. The van der Waals surface area contributed by atoms with Gasteiger partial charge in [-0.25, -0.2) is 0 Å². The number of benzene rings is 1. The predicted molar refractivity (Wildman–Crippen MR) is 77.1 cm³/mol. The summed E-state index contributed by atoms with van der Waals surface area (Å²) in [6, 6.07) is 5.70. The number of nitrogens with zero attached hydrogens (tertiary/aromatic N) is 2. The topological polar surface area (TPSA) is 66.8 Å². The maximum absolute atomic E-state index is 12.4. The monoisotopic (exact) mass is 280 g/mol. The molecule has 2 aliphatic rings. The summed E-state index contributed by atoms with van der Waals surface area (Å²) in [4.78, 5) is 41.9. The fourth-order valence-corrected chi connectivity index (χ4v) is 2.77. The van der Waals surface area contributed by atoms with Gasteiger partial charge in [0.05, 0.1) is 11.1 Å². The fourth-order valence-electron chi connectivity index (χ4n) is 2.77. The van der Waals surface area contributed by atoms with E-state index in [2.05, 4.69) is 18.3 Å². The van der Waals surface area contributed by atoms with E-state index >= 15 is 0 Å². The molecule has 0 fully saturated rings. The van der Waals surface area contributed by atoms with Crippen molar-refractivity contribution in [3.63, 3.8) is 0 Å². The Morgan fingerprint density at radius 2 is 1.71 bits per heavy atom. The van der Waals surface area contributed by atoms with Gasteiger partial charge in [-0.15, -0.1) is 0 Å². The van der Waals surface area contributed by atoms with E-state index in [1.807, 2.05) is 0 Å². The summed E-state index contributed by atoms with van der Waals surface area (Å²) < 4.78 is 0. The van der Waals surface area contributed by atoms with Crippen molar-refractivity contribution in [2.45, 2.75) is 12.5 Å². The minimum atomic E-state index is -0.856. The molecule has 1 aliphatic heterocycles. The average molecular weight is 280 g/mol. The molecule has 1 aromatic rings. The highest BCUT2D eigenvalue weighted by atomic mass is 16.2. The molecular weight excluding hydrogens is 268 g/mol. The van der Waals surface area contributed by atoms with Gasteiger partial charge in [-0.05, 0) is 24.4 Å². The van der Waals surface area contributed by atoms with Crippen LogP contribution in [-0.4, -0.2) is 35.3 Å². The van der Waals surface area contributed by atoms with Crippen molar-refractivity contribution < 1.29 is 14.4 Å². The van der Waals surface area contributed by atoms with E-state index in [1.165, 1.54) is 6.08 Å². The van der Waals surface area contributed by atoms with Crippen molar-refractivity contribution >= 4 is 24.3 Å². The van der Waals surface area contributed by atoms with Gasteiger partial charge in [-0.1, -0.05) is 24.8 Å². The summed E-state index contributed by atoms with van der Waals surface area (Å²) >= 11 is 0. The van der Waals surface area contributed by atoms with Crippen molar-refractivity contribution in [3.05, 3.63) is 59.3 Å². The Bertz CT molecular complexity index is 711. The molecule has 0 bridgehead atoms. The van der Waals surface area contributed by atoms with Crippen molar-refractivity contribution in [2.75, 3.05) is 0 Å². The second-order valence-corrected chi connectivity index (χ2v) is 4.85. The zero-order valence-corrected chi connectivity index (χ0v) is 11.2. The molecule has 1 aliphatic carbocycles. The number of aliphatic imine (C=N–C) groups is 1. The second-order valence-electron chi connectivity index (χ2n) is 4.85. The molecule has 1 atom stereocenters. The SMILES string of the molecule is C=CC1=C(N=C)C(=O)C(N2C(=O)c3ccccc3C2=O)C1. The van der Waals surface area contributed by atoms with E-state index < -0.39 is 17.9 Å². The number of fused-ring (bicyclic) bond motifs is 1. The lowest BCUT2D eigenvalue weighted by molar-refractivity contribution is -0.118. The van der Waals surface area contributed by atoms with Crippen LogP contribution >= 0.6 is 0 Å². The lowest BCUT2D eigenvalue weighted by atomic mass is 10.1.